The standard InChI is InChI=1S/C45H47N5O6/c1-5-9-37(51)47-39(33-25-35(45(2,3)4)32-14-8-21-46-40(32)41(33)53)29-11-6-12-30(24-29)43(55)49-22-19-27(20-23-49)15-16-28-10-7-13-31-34(28)26-50(44(31)56)36-17-18-38(52)48-42(36)54/h6-8,10-14,21,24-25,27,36,39,53H,5,9,17-20,22-23,26H2,1-4H3,(H,47,51)(H,48,52,54). The van der Waals surface area contributed by atoms with Crippen molar-refractivity contribution >= 4 is 40.4 Å². The van der Waals surface area contributed by atoms with Gasteiger partial charge in [0.1, 0.15) is 17.3 Å². The van der Waals surface area contributed by atoms with Crippen molar-refractivity contribution in [2.24, 2.45) is 5.92 Å². The number of aromatic hydroxyl groups is 1. The number of pyridine rings is 1. The highest BCUT2D eigenvalue weighted by atomic mass is 16.3. The predicted molar refractivity (Wildman–Crippen MR) is 211 cm³/mol. The summed E-state index contributed by atoms with van der Waals surface area (Å²) in [5, 5.41) is 18.0. The molecule has 0 spiro atoms. The van der Waals surface area contributed by atoms with Gasteiger partial charge in [-0.25, -0.2) is 0 Å². The van der Waals surface area contributed by atoms with E-state index in [-0.39, 0.29) is 53.7 Å². The molecule has 3 N–H and O–H groups in total. The molecule has 0 radical (unpaired) electrons. The van der Waals surface area contributed by atoms with Crippen molar-refractivity contribution < 1.29 is 29.1 Å². The molecular formula is C45H47N5O6. The van der Waals surface area contributed by atoms with Crippen molar-refractivity contribution in [2.75, 3.05) is 13.1 Å². The van der Waals surface area contributed by atoms with Crippen LogP contribution in [0, 0.1) is 17.8 Å². The summed E-state index contributed by atoms with van der Waals surface area (Å²) in [5.41, 5.74) is 4.90. The van der Waals surface area contributed by atoms with Gasteiger partial charge in [-0.1, -0.05) is 63.8 Å². The largest absolute Gasteiger partial charge is 0.505 e. The summed E-state index contributed by atoms with van der Waals surface area (Å²) < 4.78 is 0. The molecule has 3 aliphatic heterocycles. The Hall–Kier alpha value is -6.02. The minimum atomic E-state index is -0.721. The minimum absolute atomic E-state index is 0.00555. The fourth-order valence-electron chi connectivity index (χ4n) is 8.03. The van der Waals surface area contributed by atoms with Crippen LogP contribution in [0.2, 0.25) is 0 Å². The summed E-state index contributed by atoms with van der Waals surface area (Å²) in [5.74, 6) is 5.44. The number of hydrogen-bond donors (Lipinski definition) is 3. The number of phenolic OH excluding ortho intramolecular Hbond substituents is 1. The molecule has 4 heterocycles. The maximum atomic E-state index is 14.0. The molecule has 3 aliphatic rings. The number of likely N-dealkylation sites (tertiary alicyclic amines) is 1. The zero-order chi connectivity index (χ0) is 39.7. The van der Waals surface area contributed by atoms with Gasteiger partial charge in [0, 0.05) is 72.2 Å². The van der Waals surface area contributed by atoms with Gasteiger partial charge >= 0.3 is 0 Å². The Morgan fingerprint density at radius 1 is 1.02 bits per heavy atom. The highest BCUT2D eigenvalue weighted by molar-refractivity contribution is 6.05. The lowest BCUT2D eigenvalue weighted by Gasteiger charge is -2.30. The van der Waals surface area contributed by atoms with Gasteiger partial charge < -0.3 is 20.2 Å². The van der Waals surface area contributed by atoms with Crippen LogP contribution in [0.1, 0.15) is 121 Å². The molecule has 7 rings (SSSR count). The van der Waals surface area contributed by atoms with Gasteiger partial charge in [-0.05, 0) is 84.2 Å². The third-order valence-electron chi connectivity index (χ3n) is 11.0. The molecule has 5 amide bonds. The van der Waals surface area contributed by atoms with E-state index in [9.17, 15) is 29.1 Å². The first kappa shape index (κ1) is 38.3. The Balaban J connectivity index is 1.08. The molecule has 56 heavy (non-hydrogen) atoms. The lowest BCUT2D eigenvalue weighted by atomic mass is 9.81. The highest BCUT2D eigenvalue weighted by Gasteiger charge is 2.40. The normalized spacial score (nSPS) is 17.9. The summed E-state index contributed by atoms with van der Waals surface area (Å²) in [6, 6.07) is 17.0. The number of imide groups is 1. The number of hydrogen-bond acceptors (Lipinski definition) is 7. The van der Waals surface area contributed by atoms with Crippen LogP contribution in [-0.2, 0) is 26.3 Å². The van der Waals surface area contributed by atoms with Crippen molar-refractivity contribution in [1.82, 2.24) is 25.4 Å². The molecule has 288 valence electrons. The third kappa shape index (κ3) is 7.61. The van der Waals surface area contributed by atoms with E-state index in [1.165, 1.54) is 4.90 Å². The molecule has 11 nitrogen and oxygen atoms in total. The van der Waals surface area contributed by atoms with Crippen molar-refractivity contribution in [3.63, 3.8) is 0 Å². The van der Waals surface area contributed by atoms with Crippen LogP contribution < -0.4 is 10.6 Å². The molecule has 4 aromatic rings. The van der Waals surface area contributed by atoms with Crippen LogP contribution >= 0.6 is 0 Å². The molecular weight excluding hydrogens is 707 g/mol. The van der Waals surface area contributed by atoms with Crippen LogP contribution in [0.15, 0.2) is 66.9 Å². The topological polar surface area (TPSA) is 149 Å². The minimum Gasteiger partial charge on any atom is -0.505 e. The number of piperidine rings is 2. The van der Waals surface area contributed by atoms with Gasteiger partial charge in [-0.15, -0.1) is 0 Å². The third-order valence-corrected chi connectivity index (χ3v) is 11.0. The number of nitrogens with one attached hydrogen (secondary N) is 2. The Labute approximate surface area is 326 Å². The molecule has 2 saturated heterocycles. The van der Waals surface area contributed by atoms with Crippen molar-refractivity contribution in [2.45, 2.75) is 90.3 Å². The SMILES string of the molecule is CCCC(=O)NC(c1cccc(C(=O)N2CCC(C#Cc3cccc4c3CN(C3CCC(=O)NC3=O)C4=O)CC2)c1)c1cc(C(C)(C)C)c2cccnc2c1O. The van der Waals surface area contributed by atoms with Crippen LogP contribution in [-0.4, -0.2) is 68.6 Å². The van der Waals surface area contributed by atoms with Crippen molar-refractivity contribution in [1.29, 1.82) is 0 Å². The zero-order valence-corrected chi connectivity index (χ0v) is 32.3. The van der Waals surface area contributed by atoms with Crippen LogP contribution in [0.3, 0.4) is 0 Å². The Bertz CT molecular complexity index is 2310. The molecule has 1 aromatic heterocycles. The van der Waals surface area contributed by atoms with Gasteiger partial charge in [-0.3, -0.25) is 34.3 Å². The lowest BCUT2D eigenvalue weighted by molar-refractivity contribution is -0.137. The van der Waals surface area contributed by atoms with Crippen molar-refractivity contribution in [3.05, 3.63) is 106 Å². The van der Waals surface area contributed by atoms with Gasteiger partial charge in [0.25, 0.3) is 11.8 Å². The number of amides is 5. The molecule has 11 heteroatoms. The summed E-state index contributed by atoms with van der Waals surface area (Å²) in [4.78, 5) is 72.4. The monoisotopic (exact) mass is 753 g/mol. The Morgan fingerprint density at radius 2 is 1.79 bits per heavy atom. The number of fused-ring (bicyclic) bond motifs is 2. The smallest absolute Gasteiger partial charge is 0.255 e. The average Bonchev–Trinajstić information content (AvgIpc) is 3.52. The van der Waals surface area contributed by atoms with E-state index < -0.39 is 18.0 Å². The molecule has 0 aliphatic carbocycles. The highest BCUT2D eigenvalue weighted by Crippen LogP contribution is 2.41. The predicted octanol–water partition coefficient (Wildman–Crippen LogP) is 5.91. The molecule has 0 bridgehead atoms. The zero-order valence-electron chi connectivity index (χ0n) is 32.3. The number of rotatable bonds is 7. The van der Waals surface area contributed by atoms with Gasteiger partial charge in [0.2, 0.25) is 17.7 Å². The first-order chi connectivity index (χ1) is 26.8. The second kappa shape index (κ2) is 15.6. The summed E-state index contributed by atoms with van der Waals surface area (Å²) in [6.07, 6.45) is 4.47. The van der Waals surface area contributed by atoms with Gasteiger partial charge in [0.15, 0.2) is 0 Å². The second-order valence-electron chi connectivity index (χ2n) is 16.0. The first-order valence-corrected chi connectivity index (χ1v) is 19.4. The second-order valence-corrected chi connectivity index (χ2v) is 16.0. The van der Waals surface area contributed by atoms with E-state index in [2.05, 4.69) is 48.2 Å². The summed E-state index contributed by atoms with van der Waals surface area (Å²) in [7, 11) is 0. The molecule has 2 atom stereocenters. The van der Waals surface area contributed by atoms with E-state index in [0.717, 1.165) is 22.1 Å². The van der Waals surface area contributed by atoms with Crippen LogP contribution in [0.25, 0.3) is 10.9 Å². The van der Waals surface area contributed by atoms with Crippen LogP contribution in [0.4, 0.5) is 0 Å². The number of aromatic nitrogens is 1. The maximum absolute atomic E-state index is 14.0. The maximum Gasteiger partial charge on any atom is 0.255 e. The van der Waals surface area contributed by atoms with E-state index in [4.69, 9.17) is 0 Å². The molecule has 2 unspecified atom stereocenters. The fraction of sp³-hybridized carbons (Fsp3) is 0.378. The molecule has 2 fully saturated rings. The Kier molecular flexibility index (Phi) is 10.7. The quantitative estimate of drug-likeness (QED) is 0.157. The average molecular weight is 754 g/mol. The summed E-state index contributed by atoms with van der Waals surface area (Å²) >= 11 is 0. The number of phenols is 1. The summed E-state index contributed by atoms with van der Waals surface area (Å²) in [6.45, 7) is 9.52. The number of carbonyl (C=O) groups is 5. The number of nitrogens with zero attached hydrogens (tertiary/aromatic N) is 3. The first-order valence-electron chi connectivity index (χ1n) is 19.4. The van der Waals surface area contributed by atoms with E-state index in [0.29, 0.717) is 73.0 Å². The molecule has 0 saturated carbocycles. The van der Waals surface area contributed by atoms with Gasteiger partial charge in [-0.2, -0.15) is 0 Å². The molecule has 3 aromatic carbocycles. The number of benzene rings is 3. The fourth-order valence-corrected chi connectivity index (χ4v) is 8.03. The van der Waals surface area contributed by atoms with E-state index in [1.54, 1.807) is 30.5 Å². The van der Waals surface area contributed by atoms with E-state index >= 15 is 0 Å². The lowest BCUT2D eigenvalue weighted by Crippen LogP contribution is -2.52. The van der Waals surface area contributed by atoms with Crippen LogP contribution in [0.5, 0.6) is 5.75 Å². The van der Waals surface area contributed by atoms with E-state index in [1.807, 2.05) is 48.2 Å². The number of carbonyl (C=O) groups excluding carboxylic acids is 5. The Morgan fingerprint density at radius 3 is 2.52 bits per heavy atom. The van der Waals surface area contributed by atoms with Crippen molar-refractivity contribution in [3.8, 4) is 17.6 Å². The van der Waals surface area contributed by atoms with Gasteiger partial charge in [0.05, 0.1) is 6.04 Å².